The first-order valence-electron chi connectivity index (χ1n) is 21.8. The summed E-state index contributed by atoms with van der Waals surface area (Å²) in [6.45, 7) is 0. The fourth-order valence-corrected chi connectivity index (χ4v) is 8.84. The number of benzene rings is 8. The van der Waals surface area contributed by atoms with E-state index < -0.39 is 18.1 Å². The van der Waals surface area contributed by atoms with Gasteiger partial charge in [-0.1, -0.05) is 109 Å². The lowest BCUT2D eigenvalue weighted by Crippen LogP contribution is -2.00. The lowest BCUT2D eigenvalue weighted by Gasteiger charge is -2.10. The van der Waals surface area contributed by atoms with Crippen molar-refractivity contribution in [1.82, 2.24) is 15.0 Å². The summed E-state index contributed by atoms with van der Waals surface area (Å²) >= 11 is 1.70. The molecule has 4 aromatic heterocycles. The second kappa shape index (κ2) is 12.6. The van der Waals surface area contributed by atoms with Gasteiger partial charge in [-0.15, -0.1) is 11.3 Å². The van der Waals surface area contributed by atoms with E-state index in [1.54, 1.807) is 53.8 Å². The van der Waals surface area contributed by atoms with Crippen LogP contribution in [0.5, 0.6) is 0 Å². The SMILES string of the molecule is [2H]c1cc2c(cc1-c1ccc3c(c1)oc1ccccc13)oc1ccc([2H])c(-c3nc(-c4cccc(-c5c([2H])c([2H])c([2H])c([2H])c5[2H])c4)nc(-c4ccc5sc6ccccc6c5c4)n3)c12. The van der Waals surface area contributed by atoms with Gasteiger partial charge in [0.15, 0.2) is 17.5 Å². The van der Waals surface area contributed by atoms with Crippen molar-refractivity contribution in [3.63, 3.8) is 0 Å². The van der Waals surface area contributed by atoms with Crippen LogP contribution in [0.3, 0.4) is 0 Å². The summed E-state index contributed by atoms with van der Waals surface area (Å²) in [5.41, 5.74) is 6.04. The van der Waals surface area contributed by atoms with Gasteiger partial charge in [0, 0.05) is 58.4 Å². The van der Waals surface area contributed by atoms with Gasteiger partial charge < -0.3 is 8.83 Å². The summed E-state index contributed by atoms with van der Waals surface area (Å²) in [4.78, 5) is 15.1. The molecule has 0 aliphatic rings. The summed E-state index contributed by atoms with van der Waals surface area (Å²) < 4.78 is 75.7. The van der Waals surface area contributed by atoms with Crippen LogP contribution in [0.25, 0.3) is 120 Å². The van der Waals surface area contributed by atoms with E-state index in [9.17, 15) is 2.74 Å². The highest BCUT2D eigenvalue weighted by atomic mass is 32.1. The molecule has 0 spiro atoms. The molecule has 0 N–H and O–H groups in total. The molecule has 57 heavy (non-hydrogen) atoms. The third kappa shape index (κ3) is 5.26. The van der Waals surface area contributed by atoms with E-state index in [4.69, 9.17) is 30.6 Å². The third-order valence-corrected chi connectivity index (χ3v) is 11.6. The van der Waals surface area contributed by atoms with Gasteiger partial charge in [0.1, 0.15) is 22.3 Å². The van der Waals surface area contributed by atoms with Gasteiger partial charge in [0.05, 0.1) is 9.60 Å². The van der Waals surface area contributed by atoms with Crippen molar-refractivity contribution in [3.8, 4) is 56.4 Å². The molecule has 0 bridgehead atoms. The van der Waals surface area contributed by atoms with Crippen molar-refractivity contribution in [3.05, 3.63) is 176 Å². The molecule has 8 aromatic carbocycles. The Morgan fingerprint density at radius 2 is 1.05 bits per heavy atom. The predicted molar refractivity (Wildman–Crippen MR) is 234 cm³/mol. The van der Waals surface area contributed by atoms with Gasteiger partial charge in [-0.2, -0.15) is 0 Å². The quantitative estimate of drug-likeness (QED) is 0.175. The number of aromatic nitrogens is 3. The molecule has 5 nitrogen and oxygen atoms in total. The maximum absolute atomic E-state index is 9.35. The molecule has 0 radical (unpaired) electrons. The second-order valence-corrected chi connectivity index (χ2v) is 14.9. The highest BCUT2D eigenvalue weighted by molar-refractivity contribution is 7.25. The Morgan fingerprint density at radius 3 is 1.96 bits per heavy atom. The first kappa shape index (κ1) is 25.6. The summed E-state index contributed by atoms with van der Waals surface area (Å²) in [7, 11) is 0. The molecular formula is C51H29N3O2S. The van der Waals surface area contributed by atoms with E-state index in [2.05, 4.69) is 24.3 Å². The van der Waals surface area contributed by atoms with Crippen LogP contribution in [-0.2, 0) is 0 Å². The molecule has 12 rings (SSSR count). The van der Waals surface area contributed by atoms with Gasteiger partial charge in [0.25, 0.3) is 0 Å². The molecule has 6 heteroatoms. The Bertz CT molecular complexity index is 3940. The Labute approximate surface area is 340 Å². The maximum Gasteiger partial charge on any atom is 0.164 e. The molecule has 0 aliphatic heterocycles. The van der Waals surface area contributed by atoms with Gasteiger partial charge in [-0.3, -0.25) is 0 Å². The second-order valence-electron chi connectivity index (χ2n) is 13.8. The van der Waals surface area contributed by atoms with E-state index >= 15 is 0 Å². The first-order chi connectivity index (χ1) is 31.1. The number of thiophene rings is 1. The summed E-state index contributed by atoms with van der Waals surface area (Å²) in [6.07, 6.45) is 0. The number of nitrogens with zero attached hydrogens (tertiary/aromatic N) is 3. The Kier molecular flexibility index (Phi) is 5.65. The molecule has 0 saturated carbocycles. The maximum atomic E-state index is 9.35. The van der Waals surface area contributed by atoms with Crippen LogP contribution >= 0.6 is 11.3 Å². The van der Waals surface area contributed by atoms with Crippen molar-refractivity contribution in [2.24, 2.45) is 0 Å². The average Bonchev–Trinajstić information content (AvgIpc) is 4.00. The smallest absolute Gasteiger partial charge is 0.164 e. The minimum Gasteiger partial charge on any atom is -0.456 e. The molecule has 4 heterocycles. The van der Waals surface area contributed by atoms with Gasteiger partial charge in [-0.05, 0) is 89.0 Å². The molecule has 0 aliphatic carbocycles. The van der Waals surface area contributed by atoms with Crippen LogP contribution in [0.15, 0.2) is 185 Å². The van der Waals surface area contributed by atoms with Gasteiger partial charge >= 0.3 is 0 Å². The number of rotatable bonds is 5. The van der Waals surface area contributed by atoms with Crippen LogP contribution in [0.4, 0.5) is 0 Å². The van der Waals surface area contributed by atoms with E-state index in [0.717, 1.165) is 53.2 Å². The Morgan fingerprint density at radius 1 is 0.386 bits per heavy atom. The summed E-state index contributed by atoms with van der Waals surface area (Å²) in [6, 6.07) is 40.5. The van der Waals surface area contributed by atoms with Crippen LogP contribution in [-0.4, -0.2) is 15.0 Å². The highest BCUT2D eigenvalue weighted by Gasteiger charge is 2.19. The van der Waals surface area contributed by atoms with Crippen LogP contribution in [0.1, 0.15) is 9.60 Å². The van der Waals surface area contributed by atoms with E-state index in [-0.39, 0.29) is 41.4 Å². The Hall–Kier alpha value is -7.41. The topological polar surface area (TPSA) is 65.0 Å². The standard InChI is InChI=1S/C51H29N3O2S/c1-2-10-30(11-3-1)31-12-8-13-34(26-31)49-52-50(35-22-25-47-41(27-35)38-15-5-7-19-46(38)57-47)54-51(53-49)40-16-9-18-43-48(40)39-24-21-33(29-45(39)56-43)32-20-23-37-36-14-4-6-17-42(36)55-44(37)28-32/h1-29H/i1D,2D,3D,10D,11D,16D,21D. The highest BCUT2D eigenvalue weighted by Crippen LogP contribution is 2.41. The molecule has 0 atom stereocenters. The predicted octanol–water partition coefficient (Wildman–Crippen LogP) is 14.4. The van der Waals surface area contributed by atoms with Crippen molar-refractivity contribution < 1.29 is 18.4 Å². The molecule has 0 unspecified atom stereocenters. The lowest BCUT2D eigenvalue weighted by atomic mass is 10.0. The van der Waals surface area contributed by atoms with Crippen LogP contribution in [0.2, 0.25) is 0 Å². The number of hydrogen-bond acceptors (Lipinski definition) is 6. The van der Waals surface area contributed by atoms with Crippen LogP contribution in [0, 0.1) is 0 Å². The first-order valence-corrected chi connectivity index (χ1v) is 19.2. The zero-order valence-electron chi connectivity index (χ0n) is 36.8. The number of furan rings is 2. The fraction of sp³-hybridized carbons (Fsp3) is 0. The van der Waals surface area contributed by atoms with Gasteiger partial charge in [-0.25, -0.2) is 15.0 Å². The average molecular weight is 755 g/mol. The van der Waals surface area contributed by atoms with Crippen molar-refractivity contribution in [2.75, 3.05) is 0 Å². The van der Waals surface area contributed by atoms with Crippen LogP contribution < -0.4 is 0 Å². The number of hydrogen-bond donors (Lipinski definition) is 0. The minimum absolute atomic E-state index is 0.0586. The molecule has 266 valence electrons. The number of fused-ring (bicyclic) bond motifs is 9. The molecule has 0 saturated heterocycles. The normalized spacial score (nSPS) is 13.6. The Balaban J connectivity index is 1.06. The fourth-order valence-electron chi connectivity index (χ4n) is 7.76. The van der Waals surface area contributed by atoms with Crippen molar-refractivity contribution >= 4 is 75.4 Å². The lowest BCUT2D eigenvalue weighted by molar-refractivity contribution is 0.668. The molecule has 0 amide bonds. The third-order valence-electron chi connectivity index (χ3n) is 10.5. The molecular weight excluding hydrogens is 719 g/mol. The zero-order chi connectivity index (χ0) is 43.5. The minimum atomic E-state index is -0.470. The van der Waals surface area contributed by atoms with Gasteiger partial charge in [0.2, 0.25) is 0 Å². The van der Waals surface area contributed by atoms with Crippen molar-refractivity contribution in [1.29, 1.82) is 0 Å². The monoisotopic (exact) mass is 754 g/mol. The zero-order valence-corrected chi connectivity index (χ0v) is 30.6. The summed E-state index contributed by atoms with van der Waals surface area (Å²) in [5, 5.41) is 5.36. The molecule has 0 fully saturated rings. The largest absolute Gasteiger partial charge is 0.456 e. The summed E-state index contributed by atoms with van der Waals surface area (Å²) in [5.74, 6) is 0.796. The van der Waals surface area contributed by atoms with E-state index in [1.807, 2.05) is 66.7 Å². The number of para-hydroxylation sites is 1. The van der Waals surface area contributed by atoms with E-state index in [0.29, 0.717) is 50.0 Å². The molecule has 12 aromatic rings. The van der Waals surface area contributed by atoms with Crippen molar-refractivity contribution in [2.45, 2.75) is 0 Å². The van der Waals surface area contributed by atoms with E-state index in [1.165, 1.54) is 0 Å².